The molecule has 0 amide bonds. The number of nitrogens with zero attached hydrogens (tertiary/aromatic N) is 2. The Morgan fingerprint density at radius 1 is 1.22 bits per heavy atom. The Balaban J connectivity index is 2.07. The first-order valence-electron chi connectivity index (χ1n) is 7.00. The van der Waals surface area contributed by atoms with E-state index in [1.807, 2.05) is 0 Å². The monoisotopic (exact) mass is 338 g/mol. The molecule has 0 saturated heterocycles. The number of para-hydroxylation sites is 1. The summed E-state index contributed by atoms with van der Waals surface area (Å²) in [6.45, 7) is 1.98. The number of benzene rings is 1. The van der Waals surface area contributed by atoms with Crippen molar-refractivity contribution in [2.45, 2.75) is 19.9 Å². The van der Waals surface area contributed by atoms with E-state index >= 15 is 0 Å². The number of rotatable bonds is 7. The third-order valence-electron chi connectivity index (χ3n) is 3.65. The normalized spacial score (nSPS) is 11.8. The van der Waals surface area contributed by atoms with Gasteiger partial charge in [-0.25, -0.2) is 12.7 Å². The van der Waals surface area contributed by atoms with Crippen LogP contribution in [0.2, 0.25) is 0 Å². The molecular formula is C15H18N2O5S. The fourth-order valence-electron chi connectivity index (χ4n) is 2.21. The van der Waals surface area contributed by atoms with Crippen LogP contribution in [-0.2, 0) is 23.0 Å². The fraction of sp³-hybridized carbons (Fsp3) is 0.333. The molecule has 0 fully saturated rings. The summed E-state index contributed by atoms with van der Waals surface area (Å²) >= 11 is 0. The van der Waals surface area contributed by atoms with Crippen molar-refractivity contribution < 1.29 is 17.8 Å². The average molecular weight is 338 g/mol. The first-order chi connectivity index (χ1) is 10.8. The standard InChI is InChI=1S/C15H18N2O5S/c1-12-14(7-9-22-12)11-16(2)23(20,21)10-8-13-5-3-4-6-15(13)17(18)19/h3-7,9H,8,10-11H2,1-2H3. The van der Waals surface area contributed by atoms with Crippen molar-refractivity contribution in [3.05, 3.63) is 63.6 Å². The predicted molar refractivity (Wildman–Crippen MR) is 85.5 cm³/mol. The van der Waals surface area contributed by atoms with Crippen molar-refractivity contribution in [3.63, 3.8) is 0 Å². The van der Waals surface area contributed by atoms with Crippen molar-refractivity contribution >= 4 is 15.7 Å². The van der Waals surface area contributed by atoms with Crippen LogP contribution in [-0.4, -0.2) is 30.4 Å². The molecule has 2 aromatic rings. The van der Waals surface area contributed by atoms with Gasteiger partial charge < -0.3 is 4.42 Å². The molecule has 23 heavy (non-hydrogen) atoms. The van der Waals surface area contributed by atoms with Crippen LogP contribution >= 0.6 is 0 Å². The summed E-state index contributed by atoms with van der Waals surface area (Å²) in [5.41, 5.74) is 1.15. The van der Waals surface area contributed by atoms with Crippen molar-refractivity contribution in [2.24, 2.45) is 0 Å². The highest BCUT2D eigenvalue weighted by molar-refractivity contribution is 7.89. The highest BCUT2D eigenvalue weighted by Gasteiger charge is 2.21. The molecule has 2 rings (SSSR count). The zero-order valence-electron chi connectivity index (χ0n) is 12.9. The highest BCUT2D eigenvalue weighted by atomic mass is 32.2. The van der Waals surface area contributed by atoms with Crippen LogP contribution in [0.4, 0.5) is 5.69 Å². The van der Waals surface area contributed by atoms with E-state index in [-0.39, 0.29) is 24.4 Å². The zero-order valence-corrected chi connectivity index (χ0v) is 13.7. The van der Waals surface area contributed by atoms with Crippen LogP contribution in [0.25, 0.3) is 0 Å². The summed E-state index contributed by atoms with van der Waals surface area (Å²) in [4.78, 5) is 10.5. The number of hydrogen-bond acceptors (Lipinski definition) is 5. The van der Waals surface area contributed by atoms with Gasteiger partial charge in [0, 0.05) is 30.8 Å². The van der Waals surface area contributed by atoms with Crippen molar-refractivity contribution in [1.29, 1.82) is 0 Å². The quantitative estimate of drug-likeness (QED) is 0.571. The maximum Gasteiger partial charge on any atom is 0.272 e. The van der Waals surface area contributed by atoms with Gasteiger partial charge in [-0.3, -0.25) is 10.1 Å². The van der Waals surface area contributed by atoms with Gasteiger partial charge in [0.2, 0.25) is 10.0 Å². The molecule has 0 N–H and O–H groups in total. The number of sulfonamides is 1. The number of aryl methyl sites for hydroxylation is 2. The first kappa shape index (κ1) is 17.2. The minimum Gasteiger partial charge on any atom is -0.469 e. The van der Waals surface area contributed by atoms with Crippen molar-refractivity contribution in [2.75, 3.05) is 12.8 Å². The minimum absolute atomic E-state index is 0.0592. The van der Waals surface area contributed by atoms with Gasteiger partial charge in [-0.2, -0.15) is 0 Å². The van der Waals surface area contributed by atoms with Gasteiger partial charge in [-0.05, 0) is 19.4 Å². The molecule has 0 atom stereocenters. The third kappa shape index (κ3) is 4.17. The Hall–Kier alpha value is -2.19. The topological polar surface area (TPSA) is 93.7 Å². The molecule has 124 valence electrons. The van der Waals surface area contributed by atoms with Crippen LogP contribution in [0.5, 0.6) is 0 Å². The molecule has 0 aliphatic heterocycles. The Morgan fingerprint density at radius 2 is 1.91 bits per heavy atom. The Labute approximate surface area is 134 Å². The van der Waals surface area contributed by atoms with E-state index in [4.69, 9.17) is 4.42 Å². The molecule has 7 nitrogen and oxygen atoms in total. The second-order valence-electron chi connectivity index (χ2n) is 5.21. The molecule has 1 aromatic heterocycles. The highest BCUT2D eigenvalue weighted by Crippen LogP contribution is 2.20. The number of nitro benzene ring substituents is 1. The van der Waals surface area contributed by atoms with Gasteiger partial charge in [0.15, 0.2) is 0 Å². The van der Waals surface area contributed by atoms with Crippen molar-refractivity contribution in [1.82, 2.24) is 4.31 Å². The Morgan fingerprint density at radius 3 is 2.52 bits per heavy atom. The van der Waals surface area contributed by atoms with Crippen molar-refractivity contribution in [3.8, 4) is 0 Å². The van der Waals surface area contributed by atoms with Gasteiger partial charge in [0.1, 0.15) is 5.76 Å². The zero-order chi connectivity index (χ0) is 17.0. The Kier molecular flexibility index (Phi) is 5.17. The lowest BCUT2D eigenvalue weighted by molar-refractivity contribution is -0.385. The lowest BCUT2D eigenvalue weighted by atomic mass is 10.1. The van der Waals surface area contributed by atoms with Crippen LogP contribution in [0.1, 0.15) is 16.9 Å². The van der Waals surface area contributed by atoms with E-state index < -0.39 is 14.9 Å². The number of nitro groups is 1. The molecule has 0 saturated carbocycles. The van der Waals surface area contributed by atoms with E-state index in [1.165, 1.54) is 23.7 Å². The molecule has 0 bridgehead atoms. The molecule has 0 unspecified atom stereocenters. The summed E-state index contributed by atoms with van der Waals surface area (Å²) in [5, 5.41) is 11.0. The third-order valence-corrected chi connectivity index (χ3v) is 5.45. The lowest BCUT2D eigenvalue weighted by Crippen LogP contribution is -2.29. The maximum atomic E-state index is 12.3. The van der Waals surface area contributed by atoms with Crippen LogP contribution in [0, 0.1) is 17.0 Å². The van der Waals surface area contributed by atoms with E-state index in [9.17, 15) is 18.5 Å². The molecule has 1 heterocycles. The Bertz CT molecular complexity index is 798. The number of furan rings is 1. The number of hydrogen-bond donors (Lipinski definition) is 0. The van der Waals surface area contributed by atoms with Crippen LogP contribution in [0.3, 0.4) is 0 Å². The summed E-state index contributed by atoms with van der Waals surface area (Å²) in [6.07, 6.45) is 1.60. The van der Waals surface area contributed by atoms with E-state index in [1.54, 1.807) is 31.2 Å². The molecule has 0 aliphatic carbocycles. The van der Waals surface area contributed by atoms with Gasteiger partial charge in [0.25, 0.3) is 5.69 Å². The maximum absolute atomic E-state index is 12.3. The van der Waals surface area contributed by atoms with E-state index in [0.717, 1.165) is 5.56 Å². The fourth-order valence-corrected chi connectivity index (χ4v) is 3.33. The predicted octanol–water partition coefficient (Wildman–Crippen LogP) is 2.50. The smallest absolute Gasteiger partial charge is 0.272 e. The second-order valence-corrected chi connectivity index (χ2v) is 7.41. The van der Waals surface area contributed by atoms with Gasteiger partial charge in [-0.15, -0.1) is 0 Å². The largest absolute Gasteiger partial charge is 0.469 e. The molecule has 8 heteroatoms. The average Bonchev–Trinajstić information content (AvgIpc) is 2.90. The van der Waals surface area contributed by atoms with Gasteiger partial charge >= 0.3 is 0 Å². The van der Waals surface area contributed by atoms with Crippen LogP contribution in [0.15, 0.2) is 41.0 Å². The molecule has 0 aliphatic rings. The summed E-state index contributed by atoms with van der Waals surface area (Å²) in [5.74, 6) is 0.483. The molecule has 0 radical (unpaired) electrons. The second kappa shape index (κ2) is 6.93. The minimum atomic E-state index is -3.52. The summed E-state index contributed by atoms with van der Waals surface area (Å²) < 4.78 is 31.1. The molecular weight excluding hydrogens is 320 g/mol. The molecule has 0 spiro atoms. The SMILES string of the molecule is Cc1occc1CN(C)S(=O)(=O)CCc1ccccc1[N+](=O)[O-]. The lowest BCUT2D eigenvalue weighted by Gasteiger charge is -2.16. The molecule has 1 aromatic carbocycles. The summed E-state index contributed by atoms with van der Waals surface area (Å²) in [6, 6.07) is 7.90. The summed E-state index contributed by atoms with van der Waals surface area (Å²) in [7, 11) is -2.04. The first-order valence-corrected chi connectivity index (χ1v) is 8.61. The van der Waals surface area contributed by atoms with E-state index in [0.29, 0.717) is 11.3 Å². The van der Waals surface area contributed by atoms with Gasteiger partial charge in [-0.1, -0.05) is 18.2 Å². The van der Waals surface area contributed by atoms with Crippen LogP contribution < -0.4 is 0 Å². The van der Waals surface area contributed by atoms with Gasteiger partial charge in [0.05, 0.1) is 16.9 Å². The van der Waals surface area contributed by atoms with E-state index in [2.05, 4.69) is 0 Å².